The summed E-state index contributed by atoms with van der Waals surface area (Å²) in [5.41, 5.74) is 0. The number of nitrogens with zero attached hydrogens (tertiary/aromatic N) is 1. The van der Waals surface area contributed by atoms with Gasteiger partial charge in [0.1, 0.15) is 0 Å². The van der Waals surface area contributed by atoms with E-state index < -0.39 is 10.1 Å². The van der Waals surface area contributed by atoms with Crippen LogP contribution in [0.5, 0.6) is 0 Å². The molecule has 0 aliphatic heterocycles. The molecule has 1 N–H and O–H groups in total. The van der Waals surface area contributed by atoms with E-state index in [1.165, 1.54) is 109 Å². The monoisotopic (exact) mass is 419 g/mol. The third-order valence-corrected chi connectivity index (χ3v) is 6.39. The minimum Gasteiger partial charge on any atom is -0.306 e. The van der Waals surface area contributed by atoms with Crippen LogP contribution in [0, 0.1) is 0 Å². The molecule has 5 heteroatoms. The molecule has 4 nitrogen and oxygen atoms in total. The van der Waals surface area contributed by atoms with Crippen LogP contribution in [0.15, 0.2) is 0 Å². The zero-order chi connectivity index (χ0) is 20.9. The maximum atomic E-state index is 10.7. The quantitative estimate of drug-likeness (QED) is 0.154. The number of unbranched alkanes of at least 4 members (excludes halogenated alkanes) is 16. The SMILES string of the molecule is CCCCCCCCCCCCCCCCCCCN(C)CCCS(=O)(=O)O. The highest BCUT2D eigenvalue weighted by Crippen LogP contribution is 2.14. The highest BCUT2D eigenvalue weighted by atomic mass is 32.2. The molecule has 0 aromatic carbocycles. The minimum atomic E-state index is -3.80. The molecule has 0 saturated heterocycles. The van der Waals surface area contributed by atoms with Crippen molar-refractivity contribution in [3.63, 3.8) is 0 Å². The second-order valence-corrected chi connectivity index (χ2v) is 10.2. The molecule has 0 fully saturated rings. The molecule has 0 aromatic heterocycles. The van der Waals surface area contributed by atoms with Crippen LogP contribution in [0.4, 0.5) is 0 Å². The highest BCUT2D eigenvalue weighted by molar-refractivity contribution is 7.85. The Bertz CT molecular complexity index is 412. The van der Waals surface area contributed by atoms with Gasteiger partial charge in [-0.25, -0.2) is 0 Å². The average molecular weight is 420 g/mol. The number of hydrogen-bond acceptors (Lipinski definition) is 3. The first-order valence-electron chi connectivity index (χ1n) is 12.1. The first-order chi connectivity index (χ1) is 13.5. The van der Waals surface area contributed by atoms with E-state index in [0.717, 1.165) is 13.1 Å². The molecule has 0 aliphatic carbocycles. The first kappa shape index (κ1) is 27.9. The van der Waals surface area contributed by atoms with E-state index in [9.17, 15) is 8.42 Å². The van der Waals surface area contributed by atoms with Crippen LogP contribution in [-0.2, 0) is 10.1 Å². The number of hydrogen-bond donors (Lipinski definition) is 1. The molecular weight excluding hydrogens is 370 g/mol. The van der Waals surface area contributed by atoms with E-state index in [1.54, 1.807) is 0 Å². The van der Waals surface area contributed by atoms with Crippen LogP contribution in [-0.4, -0.2) is 43.8 Å². The van der Waals surface area contributed by atoms with Gasteiger partial charge in [0, 0.05) is 0 Å². The van der Waals surface area contributed by atoms with Crippen molar-refractivity contribution in [3.05, 3.63) is 0 Å². The maximum absolute atomic E-state index is 10.7. The van der Waals surface area contributed by atoms with Crippen molar-refractivity contribution in [2.24, 2.45) is 0 Å². The molecule has 0 heterocycles. The van der Waals surface area contributed by atoms with Crippen LogP contribution in [0.2, 0.25) is 0 Å². The summed E-state index contributed by atoms with van der Waals surface area (Å²) in [6, 6.07) is 0. The maximum Gasteiger partial charge on any atom is 0.264 e. The zero-order valence-corrected chi connectivity index (χ0v) is 19.8. The van der Waals surface area contributed by atoms with Crippen LogP contribution >= 0.6 is 0 Å². The standard InChI is InChI=1S/C23H49NO3S/c1-3-4-5-6-7-8-9-10-11-12-13-14-15-16-17-18-19-21-24(2)22-20-23-28(25,26)27/h3-23H2,1-2H3,(H,25,26,27). The Labute approximate surface area is 176 Å². The molecule has 0 amide bonds. The zero-order valence-electron chi connectivity index (χ0n) is 19.0. The van der Waals surface area contributed by atoms with Crippen LogP contribution in [0.1, 0.15) is 122 Å². The average Bonchev–Trinajstić information content (AvgIpc) is 2.63. The van der Waals surface area contributed by atoms with Gasteiger partial charge < -0.3 is 4.90 Å². The van der Waals surface area contributed by atoms with Crippen molar-refractivity contribution in [3.8, 4) is 0 Å². The lowest BCUT2D eigenvalue weighted by molar-refractivity contribution is 0.323. The topological polar surface area (TPSA) is 57.6 Å². The fourth-order valence-electron chi connectivity index (χ4n) is 3.74. The molecule has 0 unspecified atom stereocenters. The van der Waals surface area contributed by atoms with E-state index in [2.05, 4.69) is 11.8 Å². The van der Waals surface area contributed by atoms with Gasteiger partial charge in [-0.2, -0.15) is 8.42 Å². The Morgan fingerprint density at radius 1 is 0.571 bits per heavy atom. The van der Waals surface area contributed by atoms with Crippen molar-refractivity contribution in [1.29, 1.82) is 0 Å². The highest BCUT2D eigenvalue weighted by Gasteiger charge is 2.05. The Morgan fingerprint density at radius 2 is 0.893 bits per heavy atom. The Kier molecular flexibility index (Phi) is 20.1. The summed E-state index contributed by atoms with van der Waals surface area (Å²) in [4.78, 5) is 2.16. The lowest BCUT2D eigenvalue weighted by Crippen LogP contribution is -2.22. The molecule has 0 rings (SSSR count). The van der Waals surface area contributed by atoms with E-state index in [-0.39, 0.29) is 5.75 Å². The molecule has 0 spiro atoms. The van der Waals surface area contributed by atoms with Crippen LogP contribution in [0.25, 0.3) is 0 Å². The van der Waals surface area contributed by atoms with Gasteiger partial charge in [-0.05, 0) is 33.0 Å². The van der Waals surface area contributed by atoms with Gasteiger partial charge in [-0.1, -0.05) is 110 Å². The summed E-state index contributed by atoms with van der Waals surface area (Å²) in [6.45, 7) is 4.03. The van der Waals surface area contributed by atoms with Crippen molar-refractivity contribution in [2.45, 2.75) is 122 Å². The summed E-state index contributed by atoms with van der Waals surface area (Å²) in [7, 11) is -1.77. The molecule has 0 aromatic rings. The largest absolute Gasteiger partial charge is 0.306 e. The summed E-state index contributed by atoms with van der Waals surface area (Å²) >= 11 is 0. The van der Waals surface area contributed by atoms with Gasteiger partial charge >= 0.3 is 0 Å². The van der Waals surface area contributed by atoms with Gasteiger partial charge in [0.25, 0.3) is 10.1 Å². The molecule has 0 radical (unpaired) electrons. The van der Waals surface area contributed by atoms with Crippen molar-refractivity contribution in [2.75, 3.05) is 25.9 Å². The first-order valence-corrected chi connectivity index (χ1v) is 13.7. The smallest absolute Gasteiger partial charge is 0.264 e. The summed E-state index contributed by atoms with van der Waals surface area (Å²) in [6.07, 6.45) is 24.1. The van der Waals surface area contributed by atoms with Crippen molar-refractivity contribution in [1.82, 2.24) is 4.90 Å². The molecule has 0 saturated carbocycles. The molecule has 170 valence electrons. The second-order valence-electron chi connectivity index (χ2n) is 8.60. The van der Waals surface area contributed by atoms with Crippen LogP contribution in [0.3, 0.4) is 0 Å². The van der Waals surface area contributed by atoms with Gasteiger partial charge in [0.15, 0.2) is 0 Å². The Morgan fingerprint density at radius 3 is 1.25 bits per heavy atom. The lowest BCUT2D eigenvalue weighted by Gasteiger charge is -2.15. The normalized spacial score (nSPS) is 12.1. The fourth-order valence-corrected chi connectivity index (χ4v) is 4.23. The summed E-state index contributed by atoms with van der Waals surface area (Å²) in [5.74, 6) is -0.129. The van der Waals surface area contributed by atoms with Crippen LogP contribution < -0.4 is 0 Å². The van der Waals surface area contributed by atoms with Gasteiger partial charge in [0.05, 0.1) is 5.75 Å². The Hall–Kier alpha value is -0.130. The molecule has 0 atom stereocenters. The number of rotatable bonds is 22. The van der Waals surface area contributed by atoms with Crippen molar-refractivity contribution < 1.29 is 13.0 Å². The van der Waals surface area contributed by atoms with E-state index in [1.807, 2.05) is 7.05 Å². The van der Waals surface area contributed by atoms with Gasteiger partial charge in [-0.15, -0.1) is 0 Å². The summed E-state index contributed by atoms with van der Waals surface area (Å²) < 4.78 is 30.1. The fraction of sp³-hybridized carbons (Fsp3) is 1.00. The molecule has 28 heavy (non-hydrogen) atoms. The lowest BCUT2D eigenvalue weighted by atomic mass is 10.0. The third kappa shape index (κ3) is 23.9. The molecular formula is C23H49NO3S. The van der Waals surface area contributed by atoms with E-state index in [4.69, 9.17) is 4.55 Å². The predicted octanol–water partition coefficient (Wildman–Crippen LogP) is 6.85. The predicted molar refractivity (Wildman–Crippen MR) is 123 cm³/mol. The van der Waals surface area contributed by atoms with Gasteiger partial charge in [-0.3, -0.25) is 4.55 Å². The molecule has 0 bridgehead atoms. The van der Waals surface area contributed by atoms with E-state index in [0.29, 0.717) is 6.42 Å². The second kappa shape index (κ2) is 20.2. The van der Waals surface area contributed by atoms with Crippen molar-refractivity contribution >= 4 is 10.1 Å². The molecule has 0 aliphatic rings. The minimum absolute atomic E-state index is 0.129. The van der Waals surface area contributed by atoms with Gasteiger partial charge in [0.2, 0.25) is 0 Å². The third-order valence-electron chi connectivity index (χ3n) is 5.59. The Balaban J connectivity index is 3.15. The van der Waals surface area contributed by atoms with E-state index >= 15 is 0 Å². The summed E-state index contributed by atoms with van der Waals surface area (Å²) in [5, 5.41) is 0.